The molecule has 3 heterocycles. The van der Waals surface area contributed by atoms with Gasteiger partial charge < -0.3 is 15.3 Å². The van der Waals surface area contributed by atoms with Gasteiger partial charge in [-0.05, 0) is 56.0 Å². The largest absolute Gasteiger partial charge is 0.478 e. The highest BCUT2D eigenvalue weighted by molar-refractivity contribution is 5.94. The summed E-state index contributed by atoms with van der Waals surface area (Å²) in [5, 5.41) is 12.8. The van der Waals surface area contributed by atoms with E-state index in [-0.39, 0.29) is 17.2 Å². The summed E-state index contributed by atoms with van der Waals surface area (Å²) in [5.74, 6) is -0.970. The second-order valence-electron chi connectivity index (χ2n) is 7.69. The molecule has 0 spiro atoms. The summed E-state index contributed by atoms with van der Waals surface area (Å²) in [6.45, 7) is 5.88. The minimum Gasteiger partial charge on any atom is -0.478 e. The molecule has 0 bridgehead atoms. The van der Waals surface area contributed by atoms with Crippen molar-refractivity contribution in [2.75, 3.05) is 23.3 Å². The number of benzene rings is 1. The van der Waals surface area contributed by atoms with E-state index < -0.39 is 5.97 Å². The van der Waals surface area contributed by atoms with Gasteiger partial charge in [0.1, 0.15) is 0 Å². The first kappa shape index (κ1) is 19.1. The number of carbonyl (C=O) groups is 1. The molecule has 29 heavy (non-hydrogen) atoms. The van der Waals surface area contributed by atoms with Gasteiger partial charge in [0.05, 0.1) is 17.1 Å². The summed E-state index contributed by atoms with van der Waals surface area (Å²) in [6.07, 6.45) is 4.14. The van der Waals surface area contributed by atoms with Gasteiger partial charge in [0, 0.05) is 36.7 Å². The van der Waals surface area contributed by atoms with Gasteiger partial charge in [-0.15, -0.1) is 0 Å². The normalized spacial score (nSPS) is 14.9. The lowest BCUT2D eigenvalue weighted by Crippen LogP contribution is -2.23. The van der Waals surface area contributed by atoms with Crippen molar-refractivity contribution in [1.82, 2.24) is 4.40 Å². The molecular formula is C23H25N3O3. The Hall–Kier alpha value is -3.28. The molecule has 2 aromatic heterocycles. The van der Waals surface area contributed by atoms with Gasteiger partial charge in [-0.2, -0.15) is 0 Å². The Morgan fingerprint density at radius 1 is 1.14 bits per heavy atom. The molecule has 1 aliphatic heterocycles. The van der Waals surface area contributed by atoms with Crippen LogP contribution in [0.1, 0.15) is 47.3 Å². The number of fused-ring (bicyclic) bond motifs is 1. The van der Waals surface area contributed by atoms with Crippen LogP contribution in [0.25, 0.3) is 5.52 Å². The monoisotopic (exact) mass is 391 g/mol. The van der Waals surface area contributed by atoms with Gasteiger partial charge in [0.25, 0.3) is 5.56 Å². The van der Waals surface area contributed by atoms with Crippen LogP contribution in [0.2, 0.25) is 0 Å². The number of pyridine rings is 2. The molecule has 1 fully saturated rings. The summed E-state index contributed by atoms with van der Waals surface area (Å²) in [7, 11) is 0. The Labute approximate surface area is 169 Å². The number of para-hydroxylation sites is 1. The van der Waals surface area contributed by atoms with Crippen LogP contribution in [-0.2, 0) is 0 Å². The van der Waals surface area contributed by atoms with Crippen molar-refractivity contribution in [3.63, 3.8) is 0 Å². The van der Waals surface area contributed by atoms with Crippen LogP contribution in [0.5, 0.6) is 0 Å². The average Bonchev–Trinajstić information content (AvgIpc) is 3.23. The summed E-state index contributed by atoms with van der Waals surface area (Å²) >= 11 is 0. The average molecular weight is 391 g/mol. The first-order valence-electron chi connectivity index (χ1n) is 9.95. The third-order valence-electron chi connectivity index (χ3n) is 5.53. The van der Waals surface area contributed by atoms with Crippen LogP contribution < -0.4 is 15.8 Å². The van der Waals surface area contributed by atoms with Crippen LogP contribution >= 0.6 is 0 Å². The number of aromatic carboxylic acids is 1. The number of nitrogens with one attached hydrogen (secondary N) is 1. The second-order valence-corrected chi connectivity index (χ2v) is 7.69. The predicted molar refractivity (Wildman–Crippen MR) is 115 cm³/mol. The number of anilines is 2. The molecule has 0 amide bonds. The molecule has 0 saturated carbocycles. The van der Waals surface area contributed by atoms with Crippen LogP contribution in [0.4, 0.5) is 11.4 Å². The van der Waals surface area contributed by atoms with Crippen molar-refractivity contribution in [1.29, 1.82) is 0 Å². The van der Waals surface area contributed by atoms with Gasteiger partial charge in [-0.1, -0.05) is 18.2 Å². The fourth-order valence-electron chi connectivity index (χ4n) is 4.09. The fourth-order valence-corrected chi connectivity index (χ4v) is 4.09. The maximum atomic E-state index is 12.8. The summed E-state index contributed by atoms with van der Waals surface area (Å²) in [4.78, 5) is 26.6. The zero-order valence-corrected chi connectivity index (χ0v) is 16.7. The molecule has 2 N–H and O–H groups in total. The SMILES string of the molecule is Cc1cc([C@@H](C)Nc2ccccc2C(=O)O)c2cc(N3CCCC3)cc(=O)n2c1. The van der Waals surface area contributed by atoms with E-state index in [1.54, 1.807) is 28.7 Å². The van der Waals surface area contributed by atoms with Gasteiger partial charge >= 0.3 is 5.97 Å². The van der Waals surface area contributed by atoms with E-state index in [9.17, 15) is 14.7 Å². The van der Waals surface area contributed by atoms with Crippen molar-refractivity contribution in [2.45, 2.75) is 32.7 Å². The summed E-state index contributed by atoms with van der Waals surface area (Å²) in [6, 6.07) is 12.5. The lowest BCUT2D eigenvalue weighted by atomic mass is 10.0. The molecule has 0 radical (unpaired) electrons. The molecular weight excluding hydrogens is 366 g/mol. The molecule has 1 aliphatic rings. The number of aryl methyl sites for hydroxylation is 1. The second kappa shape index (κ2) is 7.62. The van der Waals surface area contributed by atoms with Crippen molar-refractivity contribution < 1.29 is 9.90 Å². The summed E-state index contributed by atoms with van der Waals surface area (Å²) < 4.78 is 1.69. The van der Waals surface area contributed by atoms with Crippen molar-refractivity contribution >= 4 is 22.9 Å². The molecule has 0 aliphatic carbocycles. The van der Waals surface area contributed by atoms with E-state index in [0.717, 1.165) is 48.3 Å². The van der Waals surface area contributed by atoms with Crippen LogP contribution in [0.3, 0.4) is 0 Å². The number of aromatic nitrogens is 1. The number of nitrogens with zero attached hydrogens (tertiary/aromatic N) is 2. The van der Waals surface area contributed by atoms with E-state index in [1.165, 1.54) is 0 Å². The molecule has 1 atom stereocenters. The topological polar surface area (TPSA) is 74.0 Å². The van der Waals surface area contributed by atoms with E-state index in [0.29, 0.717) is 5.69 Å². The molecule has 1 aromatic carbocycles. The molecule has 3 aromatic rings. The highest BCUT2D eigenvalue weighted by Crippen LogP contribution is 2.28. The first-order chi connectivity index (χ1) is 13.9. The Morgan fingerprint density at radius 3 is 2.59 bits per heavy atom. The number of carboxylic acids is 1. The predicted octanol–water partition coefficient (Wildman–Crippen LogP) is 4.08. The number of carboxylic acid groups (broad SMARTS) is 1. The number of hydrogen-bond acceptors (Lipinski definition) is 4. The van der Waals surface area contributed by atoms with Crippen LogP contribution in [0, 0.1) is 6.92 Å². The maximum absolute atomic E-state index is 12.8. The number of hydrogen-bond donors (Lipinski definition) is 2. The van der Waals surface area contributed by atoms with E-state index in [2.05, 4.69) is 22.3 Å². The third kappa shape index (κ3) is 3.70. The van der Waals surface area contributed by atoms with E-state index in [1.807, 2.05) is 26.1 Å². The molecule has 6 heteroatoms. The van der Waals surface area contributed by atoms with Crippen molar-refractivity contribution in [3.8, 4) is 0 Å². The zero-order chi connectivity index (χ0) is 20.5. The Bertz CT molecular complexity index is 1130. The van der Waals surface area contributed by atoms with Gasteiger partial charge in [0.2, 0.25) is 0 Å². The van der Waals surface area contributed by atoms with Crippen LogP contribution in [-0.4, -0.2) is 28.6 Å². The van der Waals surface area contributed by atoms with Crippen molar-refractivity contribution in [3.05, 3.63) is 75.7 Å². The lowest BCUT2D eigenvalue weighted by Gasteiger charge is -2.22. The van der Waals surface area contributed by atoms with Gasteiger partial charge in [-0.25, -0.2) is 4.79 Å². The first-order valence-corrected chi connectivity index (χ1v) is 9.95. The maximum Gasteiger partial charge on any atom is 0.337 e. The minimum absolute atomic E-state index is 0.0486. The fraction of sp³-hybridized carbons (Fsp3) is 0.304. The molecule has 1 saturated heterocycles. The smallest absolute Gasteiger partial charge is 0.337 e. The zero-order valence-electron chi connectivity index (χ0n) is 16.7. The minimum atomic E-state index is -0.970. The van der Waals surface area contributed by atoms with E-state index in [4.69, 9.17) is 0 Å². The third-order valence-corrected chi connectivity index (χ3v) is 5.53. The highest BCUT2D eigenvalue weighted by atomic mass is 16.4. The summed E-state index contributed by atoms with van der Waals surface area (Å²) in [5.41, 5.74) is 4.48. The van der Waals surface area contributed by atoms with Crippen LogP contribution in [0.15, 0.2) is 53.5 Å². The molecule has 6 nitrogen and oxygen atoms in total. The Kier molecular flexibility index (Phi) is 5.01. The number of rotatable bonds is 5. The lowest BCUT2D eigenvalue weighted by molar-refractivity contribution is 0.0698. The standard InChI is InChI=1S/C23H25N3O3/c1-15-11-19(16(2)24-20-8-4-3-7-18(20)23(28)29)21-12-17(25-9-5-6-10-25)13-22(27)26(21)14-15/h3-4,7-8,11-14,16,24H,5-6,9-10H2,1-2H3,(H,28,29)/t16-/m1/s1. The Balaban J connectivity index is 1.80. The Morgan fingerprint density at radius 2 is 1.86 bits per heavy atom. The molecule has 150 valence electrons. The van der Waals surface area contributed by atoms with Gasteiger partial charge in [0.15, 0.2) is 0 Å². The quantitative estimate of drug-likeness (QED) is 0.686. The molecule has 4 rings (SSSR count). The molecule has 0 unspecified atom stereocenters. The van der Waals surface area contributed by atoms with Crippen molar-refractivity contribution in [2.24, 2.45) is 0 Å². The van der Waals surface area contributed by atoms with Gasteiger partial charge in [-0.3, -0.25) is 9.20 Å². The highest BCUT2D eigenvalue weighted by Gasteiger charge is 2.18. The van der Waals surface area contributed by atoms with E-state index >= 15 is 0 Å².